The Morgan fingerprint density at radius 3 is 2.64 bits per heavy atom. The molecule has 0 radical (unpaired) electrons. The standard InChI is InChI=1S/C22H23N3O3/c23-13-16-9-10-25(14-16)21(26)11-15-5-7-18(8-6-15)24-22(27)20-12-17-3-1-2-4-19(17)28-20/h1-8,12,16H,9-11,13-14,23H2,(H,24,27). The van der Waals surface area contributed by atoms with Gasteiger partial charge in [-0.2, -0.15) is 0 Å². The first-order chi connectivity index (χ1) is 13.6. The van der Waals surface area contributed by atoms with Gasteiger partial charge in [-0.3, -0.25) is 9.59 Å². The van der Waals surface area contributed by atoms with Crippen molar-refractivity contribution in [3.8, 4) is 0 Å². The maximum absolute atomic E-state index is 12.4. The number of carbonyl (C=O) groups excluding carboxylic acids is 2. The lowest BCUT2D eigenvalue weighted by molar-refractivity contribution is -0.129. The number of anilines is 1. The number of rotatable bonds is 5. The number of carbonyl (C=O) groups is 2. The summed E-state index contributed by atoms with van der Waals surface area (Å²) in [7, 11) is 0. The van der Waals surface area contributed by atoms with Gasteiger partial charge in [0, 0.05) is 24.2 Å². The van der Waals surface area contributed by atoms with Crippen LogP contribution in [0.2, 0.25) is 0 Å². The minimum absolute atomic E-state index is 0.120. The summed E-state index contributed by atoms with van der Waals surface area (Å²) >= 11 is 0. The highest BCUT2D eigenvalue weighted by Gasteiger charge is 2.25. The topological polar surface area (TPSA) is 88.6 Å². The molecule has 6 nitrogen and oxygen atoms in total. The van der Waals surface area contributed by atoms with Crippen LogP contribution in [0.25, 0.3) is 11.0 Å². The van der Waals surface area contributed by atoms with Crippen molar-refractivity contribution in [2.45, 2.75) is 12.8 Å². The van der Waals surface area contributed by atoms with E-state index >= 15 is 0 Å². The van der Waals surface area contributed by atoms with Crippen LogP contribution in [-0.2, 0) is 11.2 Å². The van der Waals surface area contributed by atoms with E-state index in [2.05, 4.69) is 5.32 Å². The zero-order chi connectivity index (χ0) is 19.5. The van der Waals surface area contributed by atoms with Crippen molar-refractivity contribution in [3.63, 3.8) is 0 Å². The molecule has 0 bridgehead atoms. The van der Waals surface area contributed by atoms with E-state index in [4.69, 9.17) is 10.2 Å². The normalized spacial score (nSPS) is 16.5. The molecule has 1 aromatic heterocycles. The highest BCUT2D eigenvalue weighted by Crippen LogP contribution is 2.21. The summed E-state index contributed by atoms with van der Waals surface area (Å²) in [6.45, 7) is 2.16. The number of hydrogen-bond acceptors (Lipinski definition) is 4. The molecule has 2 amide bonds. The smallest absolute Gasteiger partial charge is 0.291 e. The zero-order valence-corrected chi connectivity index (χ0v) is 15.6. The summed E-state index contributed by atoms with van der Waals surface area (Å²) in [6, 6.07) is 16.6. The molecule has 3 aromatic rings. The Hall–Kier alpha value is -3.12. The highest BCUT2D eigenvalue weighted by atomic mass is 16.3. The number of likely N-dealkylation sites (tertiary alicyclic amines) is 1. The minimum atomic E-state index is -0.301. The first kappa shape index (κ1) is 18.3. The molecule has 1 aliphatic heterocycles. The number of amides is 2. The molecule has 1 aliphatic rings. The van der Waals surface area contributed by atoms with Gasteiger partial charge < -0.3 is 20.4 Å². The van der Waals surface area contributed by atoms with Crippen molar-refractivity contribution < 1.29 is 14.0 Å². The molecule has 0 spiro atoms. The maximum atomic E-state index is 12.4. The first-order valence-corrected chi connectivity index (χ1v) is 9.49. The lowest BCUT2D eigenvalue weighted by Crippen LogP contribution is -2.31. The summed E-state index contributed by atoms with van der Waals surface area (Å²) in [5.41, 5.74) is 7.95. The fourth-order valence-corrected chi connectivity index (χ4v) is 3.53. The molecular formula is C22H23N3O3. The van der Waals surface area contributed by atoms with Crippen molar-refractivity contribution in [1.82, 2.24) is 4.90 Å². The van der Waals surface area contributed by atoms with Gasteiger partial charge in [0.1, 0.15) is 5.58 Å². The molecule has 6 heteroatoms. The quantitative estimate of drug-likeness (QED) is 0.715. The van der Waals surface area contributed by atoms with Crippen molar-refractivity contribution in [3.05, 3.63) is 65.9 Å². The van der Waals surface area contributed by atoms with Gasteiger partial charge >= 0.3 is 0 Å². The number of nitrogens with zero attached hydrogens (tertiary/aromatic N) is 1. The van der Waals surface area contributed by atoms with E-state index in [0.29, 0.717) is 30.2 Å². The number of para-hydroxylation sites is 1. The minimum Gasteiger partial charge on any atom is -0.451 e. The van der Waals surface area contributed by atoms with Crippen LogP contribution in [0.4, 0.5) is 5.69 Å². The molecule has 28 heavy (non-hydrogen) atoms. The lowest BCUT2D eigenvalue weighted by Gasteiger charge is -2.16. The summed E-state index contributed by atoms with van der Waals surface area (Å²) < 4.78 is 5.58. The summed E-state index contributed by atoms with van der Waals surface area (Å²) in [6.07, 6.45) is 1.34. The van der Waals surface area contributed by atoms with Crippen LogP contribution in [0.15, 0.2) is 59.0 Å². The van der Waals surface area contributed by atoms with E-state index in [1.807, 2.05) is 41.3 Å². The maximum Gasteiger partial charge on any atom is 0.291 e. The summed E-state index contributed by atoms with van der Waals surface area (Å²) in [5.74, 6) is 0.503. The molecule has 144 valence electrons. The van der Waals surface area contributed by atoms with Gasteiger partial charge in [-0.25, -0.2) is 0 Å². The molecule has 1 unspecified atom stereocenters. The number of hydrogen-bond donors (Lipinski definition) is 2. The monoisotopic (exact) mass is 377 g/mol. The molecule has 0 aliphatic carbocycles. The third-order valence-electron chi connectivity index (χ3n) is 5.19. The second-order valence-electron chi connectivity index (χ2n) is 7.21. The van der Waals surface area contributed by atoms with Gasteiger partial charge in [0.2, 0.25) is 5.91 Å². The Morgan fingerprint density at radius 1 is 1.14 bits per heavy atom. The molecule has 3 N–H and O–H groups in total. The van der Waals surface area contributed by atoms with Gasteiger partial charge in [-0.1, -0.05) is 30.3 Å². The van der Waals surface area contributed by atoms with Gasteiger partial charge in [0.25, 0.3) is 5.91 Å². The molecular weight excluding hydrogens is 354 g/mol. The number of benzene rings is 2. The highest BCUT2D eigenvalue weighted by molar-refractivity contribution is 6.04. The Balaban J connectivity index is 1.36. The van der Waals surface area contributed by atoms with E-state index in [0.717, 1.165) is 30.5 Å². The number of fused-ring (bicyclic) bond motifs is 1. The molecule has 2 heterocycles. The van der Waals surface area contributed by atoms with Gasteiger partial charge in [0.05, 0.1) is 6.42 Å². The van der Waals surface area contributed by atoms with Crippen molar-refractivity contribution in [2.75, 3.05) is 25.0 Å². The molecule has 0 saturated carbocycles. The first-order valence-electron chi connectivity index (χ1n) is 9.49. The average Bonchev–Trinajstić information content (AvgIpc) is 3.36. The second-order valence-corrected chi connectivity index (χ2v) is 7.21. The Bertz CT molecular complexity index is 961. The Labute approximate surface area is 163 Å². The van der Waals surface area contributed by atoms with E-state index in [1.54, 1.807) is 18.2 Å². The van der Waals surface area contributed by atoms with E-state index in [1.165, 1.54) is 0 Å². The van der Waals surface area contributed by atoms with E-state index < -0.39 is 0 Å². The van der Waals surface area contributed by atoms with Gasteiger partial charge in [-0.05, 0) is 48.7 Å². The lowest BCUT2D eigenvalue weighted by atomic mass is 10.1. The summed E-state index contributed by atoms with van der Waals surface area (Å²) in [4.78, 5) is 26.7. The van der Waals surface area contributed by atoms with Crippen LogP contribution in [0.3, 0.4) is 0 Å². The van der Waals surface area contributed by atoms with Crippen molar-refractivity contribution >= 4 is 28.5 Å². The molecule has 1 fully saturated rings. The zero-order valence-electron chi connectivity index (χ0n) is 15.6. The molecule has 4 rings (SSSR count). The molecule has 1 saturated heterocycles. The SMILES string of the molecule is NCC1CCN(C(=O)Cc2ccc(NC(=O)c3cc4ccccc4o3)cc2)C1. The van der Waals surface area contributed by atoms with Crippen LogP contribution < -0.4 is 11.1 Å². The van der Waals surface area contributed by atoms with Crippen molar-refractivity contribution in [1.29, 1.82) is 0 Å². The molecule has 1 atom stereocenters. The van der Waals surface area contributed by atoms with Crippen LogP contribution >= 0.6 is 0 Å². The predicted octanol–water partition coefficient (Wildman–Crippen LogP) is 3.03. The number of nitrogens with two attached hydrogens (primary N) is 1. The van der Waals surface area contributed by atoms with Crippen molar-refractivity contribution in [2.24, 2.45) is 11.7 Å². The van der Waals surface area contributed by atoms with E-state index in [9.17, 15) is 9.59 Å². The Morgan fingerprint density at radius 2 is 1.93 bits per heavy atom. The predicted molar refractivity (Wildman–Crippen MR) is 108 cm³/mol. The van der Waals surface area contributed by atoms with Crippen LogP contribution in [0.1, 0.15) is 22.5 Å². The van der Waals surface area contributed by atoms with Crippen LogP contribution in [0.5, 0.6) is 0 Å². The molecule has 2 aromatic carbocycles. The third kappa shape index (κ3) is 3.92. The van der Waals surface area contributed by atoms with Crippen LogP contribution in [-0.4, -0.2) is 36.3 Å². The number of furan rings is 1. The largest absolute Gasteiger partial charge is 0.451 e. The number of nitrogens with one attached hydrogen (secondary N) is 1. The Kier molecular flexibility index (Phi) is 5.12. The second kappa shape index (κ2) is 7.86. The van der Waals surface area contributed by atoms with Gasteiger partial charge in [-0.15, -0.1) is 0 Å². The average molecular weight is 377 g/mol. The van der Waals surface area contributed by atoms with Gasteiger partial charge in [0.15, 0.2) is 5.76 Å². The summed E-state index contributed by atoms with van der Waals surface area (Å²) in [5, 5.41) is 3.72. The van der Waals surface area contributed by atoms with Crippen LogP contribution in [0, 0.1) is 5.92 Å². The fraction of sp³-hybridized carbons (Fsp3) is 0.273. The fourth-order valence-electron chi connectivity index (χ4n) is 3.53. The third-order valence-corrected chi connectivity index (χ3v) is 5.19. The van der Waals surface area contributed by atoms with E-state index in [-0.39, 0.29) is 17.6 Å².